The molecule has 0 fully saturated rings. The monoisotopic (exact) mass is 330 g/mol. The lowest BCUT2D eigenvalue weighted by molar-refractivity contribution is -0.479. The number of thioether (sulfide) groups is 1. The van der Waals surface area contributed by atoms with E-state index in [0.29, 0.717) is 5.69 Å². The van der Waals surface area contributed by atoms with Crippen LogP contribution in [0.15, 0.2) is 53.4 Å². The average molecular weight is 330 g/mol. The van der Waals surface area contributed by atoms with E-state index in [1.54, 1.807) is 0 Å². The van der Waals surface area contributed by atoms with E-state index in [9.17, 15) is 10.1 Å². The van der Waals surface area contributed by atoms with Crippen LogP contribution in [0.1, 0.15) is 37.1 Å². The van der Waals surface area contributed by atoms with Crippen LogP contribution in [0.3, 0.4) is 0 Å². The largest absolute Gasteiger partial charge is 0.398 e. The van der Waals surface area contributed by atoms with Gasteiger partial charge in [0.1, 0.15) is 0 Å². The number of nitro groups is 1. The Labute approximate surface area is 141 Å². The SMILES string of the molecule is CC(C)(C)c1ccc([C@@H](C[N+](=O)[O-])Sc2ccccc2N)cc1. The predicted molar refractivity (Wildman–Crippen MR) is 96.5 cm³/mol. The maximum atomic E-state index is 11.0. The summed E-state index contributed by atoms with van der Waals surface area (Å²) in [6.45, 7) is 6.32. The van der Waals surface area contributed by atoms with Gasteiger partial charge in [-0.1, -0.05) is 57.2 Å². The van der Waals surface area contributed by atoms with Crippen molar-refractivity contribution < 1.29 is 4.92 Å². The smallest absolute Gasteiger partial charge is 0.220 e. The van der Waals surface area contributed by atoms with Crippen molar-refractivity contribution in [2.75, 3.05) is 12.3 Å². The molecule has 0 saturated heterocycles. The molecule has 0 radical (unpaired) electrons. The Morgan fingerprint density at radius 3 is 2.26 bits per heavy atom. The van der Waals surface area contributed by atoms with Gasteiger partial charge in [0.25, 0.3) is 0 Å². The Bertz CT molecular complexity index is 678. The number of hydrogen-bond donors (Lipinski definition) is 1. The van der Waals surface area contributed by atoms with E-state index in [-0.39, 0.29) is 22.1 Å². The molecule has 0 aliphatic heterocycles. The Morgan fingerprint density at radius 2 is 1.74 bits per heavy atom. The fourth-order valence-electron chi connectivity index (χ4n) is 2.29. The van der Waals surface area contributed by atoms with E-state index in [0.717, 1.165) is 10.5 Å². The number of benzene rings is 2. The molecule has 0 spiro atoms. The van der Waals surface area contributed by atoms with E-state index in [1.807, 2.05) is 36.4 Å². The third-order valence-corrected chi connectivity index (χ3v) is 4.98. The van der Waals surface area contributed by atoms with E-state index in [4.69, 9.17) is 5.73 Å². The number of para-hydroxylation sites is 1. The first-order valence-electron chi connectivity index (χ1n) is 7.51. The van der Waals surface area contributed by atoms with Gasteiger partial charge in [0.15, 0.2) is 0 Å². The predicted octanol–water partition coefficient (Wildman–Crippen LogP) is 4.68. The summed E-state index contributed by atoms with van der Waals surface area (Å²) < 4.78 is 0. The number of nitrogens with zero attached hydrogens (tertiary/aromatic N) is 1. The molecule has 2 aromatic rings. The van der Waals surface area contributed by atoms with Crippen LogP contribution in [-0.2, 0) is 5.41 Å². The van der Waals surface area contributed by atoms with E-state index < -0.39 is 0 Å². The summed E-state index contributed by atoms with van der Waals surface area (Å²) >= 11 is 1.44. The number of nitrogen functional groups attached to an aromatic ring is 1. The molecule has 5 heteroatoms. The van der Waals surface area contributed by atoms with Crippen LogP contribution in [0.5, 0.6) is 0 Å². The Kier molecular flexibility index (Phi) is 5.31. The van der Waals surface area contributed by atoms with Crippen molar-refractivity contribution in [1.29, 1.82) is 0 Å². The lowest BCUT2D eigenvalue weighted by Crippen LogP contribution is -2.13. The lowest BCUT2D eigenvalue weighted by atomic mass is 9.86. The van der Waals surface area contributed by atoms with Gasteiger partial charge in [-0.3, -0.25) is 10.1 Å². The summed E-state index contributed by atoms with van der Waals surface area (Å²) in [7, 11) is 0. The normalized spacial score (nSPS) is 12.8. The zero-order valence-corrected chi connectivity index (χ0v) is 14.5. The van der Waals surface area contributed by atoms with Crippen LogP contribution >= 0.6 is 11.8 Å². The molecule has 0 amide bonds. The van der Waals surface area contributed by atoms with Gasteiger partial charge in [-0.05, 0) is 28.7 Å². The molecule has 122 valence electrons. The second-order valence-corrected chi connectivity index (χ2v) is 7.78. The summed E-state index contributed by atoms with van der Waals surface area (Å²) in [6.07, 6.45) is 0. The van der Waals surface area contributed by atoms with Crippen LogP contribution < -0.4 is 5.73 Å². The van der Waals surface area contributed by atoms with Crippen molar-refractivity contribution >= 4 is 17.4 Å². The minimum Gasteiger partial charge on any atom is -0.398 e. The van der Waals surface area contributed by atoms with Crippen molar-refractivity contribution in [3.8, 4) is 0 Å². The fraction of sp³-hybridized carbons (Fsp3) is 0.333. The van der Waals surface area contributed by atoms with E-state index in [2.05, 4.69) is 32.9 Å². The molecule has 0 aromatic heterocycles. The Balaban J connectivity index is 2.28. The zero-order valence-electron chi connectivity index (χ0n) is 13.7. The van der Waals surface area contributed by atoms with Crippen LogP contribution in [0, 0.1) is 10.1 Å². The molecule has 2 rings (SSSR count). The molecule has 23 heavy (non-hydrogen) atoms. The van der Waals surface area contributed by atoms with Gasteiger partial charge in [-0.25, -0.2) is 0 Å². The summed E-state index contributed by atoms with van der Waals surface area (Å²) in [5.41, 5.74) is 8.84. The molecule has 0 bridgehead atoms. The van der Waals surface area contributed by atoms with Crippen molar-refractivity contribution in [3.05, 3.63) is 69.8 Å². The van der Waals surface area contributed by atoms with E-state index >= 15 is 0 Å². The van der Waals surface area contributed by atoms with Gasteiger partial charge < -0.3 is 5.73 Å². The third-order valence-electron chi connectivity index (χ3n) is 3.65. The summed E-state index contributed by atoms with van der Waals surface area (Å²) in [5.74, 6) is 0. The minimum atomic E-state index is -0.269. The summed E-state index contributed by atoms with van der Waals surface area (Å²) in [5, 5.41) is 10.8. The third kappa shape index (κ3) is 4.73. The highest BCUT2D eigenvalue weighted by molar-refractivity contribution is 7.99. The fourth-order valence-corrected chi connectivity index (χ4v) is 3.44. The van der Waals surface area contributed by atoms with Crippen LogP contribution in [0.25, 0.3) is 0 Å². The molecule has 0 saturated carbocycles. The molecular weight excluding hydrogens is 308 g/mol. The highest BCUT2D eigenvalue weighted by Gasteiger charge is 2.21. The summed E-state index contributed by atoms with van der Waals surface area (Å²) in [4.78, 5) is 11.7. The first kappa shape index (κ1) is 17.3. The van der Waals surface area contributed by atoms with Gasteiger partial charge in [0.05, 0.1) is 5.25 Å². The zero-order chi connectivity index (χ0) is 17.0. The second-order valence-electron chi connectivity index (χ2n) is 6.53. The molecule has 0 heterocycles. The number of nitrogens with two attached hydrogens (primary N) is 1. The standard InChI is InChI=1S/C18H22N2O2S/c1-18(2,3)14-10-8-13(9-11-14)17(12-20(21)22)23-16-7-5-4-6-15(16)19/h4-11,17H,12,19H2,1-3H3/t17-/m1/s1. The highest BCUT2D eigenvalue weighted by Crippen LogP contribution is 2.38. The average Bonchev–Trinajstić information content (AvgIpc) is 2.47. The lowest BCUT2D eigenvalue weighted by Gasteiger charge is -2.20. The molecule has 0 unspecified atom stereocenters. The molecule has 1 atom stereocenters. The quantitative estimate of drug-likeness (QED) is 0.374. The first-order chi connectivity index (χ1) is 10.8. The van der Waals surface area contributed by atoms with Gasteiger partial charge in [-0.2, -0.15) is 0 Å². The molecule has 0 aliphatic rings. The topological polar surface area (TPSA) is 69.2 Å². The maximum absolute atomic E-state index is 11.0. The number of hydrogen-bond acceptors (Lipinski definition) is 4. The molecule has 0 aliphatic carbocycles. The Morgan fingerprint density at radius 1 is 1.13 bits per heavy atom. The maximum Gasteiger partial charge on any atom is 0.220 e. The minimum absolute atomic E-state index is 0.0636. The van der Waals surface area contributed by atoms with Crippen LogP contribution in [0.2, 0.25) is 0 Å². The van der Waals surface area contributed by atoms with Crippen LogP contribution in [0.4, 0.5) is 5.69 Å². The van der Waals surface area contributed by atoms with Crippen molar-refractivity contribution in [3.63, 3.8) is 0 Å². The second kappa shape index (κ2) is 7.04. The number of anilines is 1. The van der Waals surface area contributed by atoms with Crippen molar-refractivity contribution in [2.45, 2.75) is 36.3 Å². The molecular formula is C18H22N2O2S. The van der Waals surface area contributed by atoms with Gasteiger partial charge in [-0.15, -0.1) is 11.8 Å². The Hall–Kier alpha value is -2.01. The van der Waals surface area contributed by atoms with Crippen LogP contribution in [-0.4, -0.2) is 11.5 Å². The highest BCUT2D eigenvalue weighted by atomic mass is 32.2. The van der Waals surface area contributed by atoms with Gasteiger partial charge in [0, 0.05) is 15.5 Å². The molecule has 2 N–H and O–H groups in total. The molecule has 4 nitrogen and oxygen atoms in total. The van der Waals surface area contributed by atoms with Gasteiger partial charge >= 0.3 is 0 Å². The van der Waals surface area contributed by atoms with Gasteiger partial charge in [0.2, 0.25) is 6.54 Å². The van der Waals surface area contributed by atoms with E-state index in [1.165, 1.54) is 17.3 Å². The van der Waals surface area contributed by atoms with Crippen molar-refractivity contribution in [1.82, 2.24) is 0 Å². The summed E-state index contributed by atoms with van der Waals surface area (Å²) in [6, 6.07) is 15.5. The number of rotatable bonds is 5. The first-order valence-corrected chi connectivity index (χ1v) is 8.39. The molecule has 2 aromatic carbocycles. The van der Waals surface area contributed by atoms with Crippen molar-refractivity contribution in [2.24, 2.45) is 0 Å².